The molecule has 0 bridgehead atoms. The molecule has 2 aromatic carbocycles. The van der Waals surface area contributed by atoms with Crippen LogP contribution in [0.2, 0.25) is 0 Å². The molecule has 1 unspecified atom stereocenters. The summed E-state index contributed by atoms with van der Waals surface area (Å²) in [5.74, 6) is -5.17. The third-order valence-corrected chi connectivity index (χ3v) is 10.6. The van der Waals surface area contributed by atoms with Gasteiger partial charge in [-0.1, -0.05) is 77.8 Å². The number of ketones is 4. The quantitative estimate of drug-likeness (QED) is 0.177. The Balaban J connectivity index is 1.62. The standard InChI is InChI=1S/C38H44O8/c1-7-8-9-10-24(40)17-22-11-13-23(14-12-22)25-15-16-27(41)29-26(25)18-36(5)19-37(6)30(20(2)3)32(42)28(21(4)39)34(44)38(37,46)35(45)31(36)33(29)43/h11-16,20,30,41-42,45-46H,7-10,17-19H2,1-6H3/t30?,36-,37-,38+/m1/s1. The molecule has 5 rings (SSSR count). The van der Waals surface area contributed by atoms with Crippen LogP contribution in [0.4, 0.5) is 0 Å². The van der Waals surface area contributed by atoms with Gasteiger partial charge in [0, 0.05) is 35.2 Å². The van der Waals surface area contributed by atoms with Crippen LogP contribution < -0.4 is 0 Å². The predicted octanol–water partition coefficient (Wildman–Crippen LogP) is 6.71. The molecule has 0 spiro atoms. The number of aliphatic hydroxyl groups excluding tert-OH is 2. The van der Waals surface area contributed by atoms with Gasteiger partial charge >= 0.3 is 0 Å². The van der Waals surface area contributed by atoms with Gasteiger partial charge in [-0.2, -0.15) is 0 Å². The second-order valence-corrected chi connectivity index (χ2v) is 14.3. The van der Waals surface area contributed by atoms with E-state index in [0.29, 0.717) is 24.0 Å². The monoisotopic (exact) mass is 628 g/mol. The number of unbranched alkanes of at least 4 members (excludes halogenated alkanes) is 2. The number of Topliss-reactive ketones (excluding diaryl/α,β-unsaturated/α-hetero) is 4. The Morgan fingerprint density at radius 1 is 0.978 bits per heavy atom. The molecule has 0 saturated heterocycles. The predicted molar refractivity (Wildman–Crippen MR) is 174 cm³/mol. The first kappa shape index (κ1) is 33.3. The normalized spacial score (nSPS) is 27.4. The third kappa shape index (κ3) is 4.84. The molecule has 244 valence electrons. The summed E-state index contributed by atoms with van der Waals surface area (Å²) in [6.07, 6.45) is 4.04. The van der Waals surface area contributed by atoms with Crippen LogP contribution in [0.5, 0.6) is 5.75 Å². The first-order valence-electron chi connectivity index (χ1n) is 16.2. The smallest absolute Gasteiger partial charge is 0.209 e. The topological polar surface area (TPSA) is 149 Å². The molecule has 2 aromatic rings. The van der Waals surface area contributed by atoms with Crippen molar-refractivity contribution in [1.82, 2.24) is 0 Å². The number of carbonyl (C=O) groups is 4. The number of aliphatic hydroxyl groups is 3. The molecular weight excluding hydrogens is 584 g/mol. The molecule has 3 aliphatic carbocycles. The molecule has 3 aliphatic rings. The molecule has 8 heteroatoms. The largest absolute Gasteiger partial charge is 0.511 e. The van der Waals surface area contributed by atoms with Gasteiger partial charge in [0.05, 0.1) is 5.56 Å². The molecule has 4 N–H and O–H groups in total. The number of fused-ring (bicyclic) bond motifs is 3. The molecule has 0 aromatic heterocycles. The van der Waals surface area contributed by atoms with E-state index < -0.39 is 56.8 Å². The Morgan fingerprint density at radius 3 is 2.22 bits per heavy atom. The highest BCUT2D eigenvalue weighted by Gasteiger charge is 2.71. The van der Waals surface area contributed by atoms with E-state index in [-0.39, 0.29) is 41.4 Å². The zero-order valence-corrected chi connectivity index (χ0v) is 27.5. The summed E-state index contributed by atoms with van der Waals surface area (Å²) in [5, 5.41) is 46.4. The van der Waals surface area contributed by atoms with Crippen LogP contribution in [0, 0.1) is 22.7 Å². The average Bonchev–Trinajstić information content (AvgIpc) is 2.95. The van der Waals surface area contributed by atoms with E-state index in [0.717, 1.165) is 37.3 Å². The van der Waals surface area contributed by atoms with Crippen molar-refractivity contribution in [2.75, 3.05) is 0 Å². The molecule has 0 fully saturated rings. The highest BCUT2D eigenvalue weighted by molar-refractivity contribution is 6.25. The van der Waals surface area contributed by atoms with E-state index in [4.69, 9.17) is 0 Å². The minimum Gasteiger partial charge on any atom is -0.511 e. The van der Waals surface area contributed by atoms with Crippen LogP contribution in [-0.2, 0) is 27.2 Å². The summed E-state index contributed by atoms with van der Waals surface area (Å²) in [4.78, 5) is 53.2. The van der Waals surface area contributed by atoms with Crippen molar-refractivity contribution < 1.29 is 39.6 Å². The Kier molecular flexibility index (Phi) is 8.43. The number of carbonyl (C=O) groups excluding carboxylic acids is 4. The van der Waals surface area contributed by atoms with Gasteiger partial charge in [-0.15, -0.1) is 0 Å². The van der Waals surface area contributed by atoms with Crippen LogP contribution in [0.25, 0.3) is 11.1 Å². The SMILES string of the molecule is CCCCCC(=O)Cc1ccc(-c2ccc(O)c3c2C[C@]2(C)C[C@]4(C)C(C(C)C)C(O)=C(C(C)=O)C(=O)[C@]4(O)C(O)=C2C3=O)cc1. The Morgan fingerprint density at radius 2 is 1.63 bits per heavy atom. The fourth-order valence-electron chi connectivity index (χ4n) is 8.69. The Labute approximate surface area is 269 Å². The summed E-state index contributed by atoms with van der Waals surface area (Å²) in [5.41, 5.74) is -3.07. The highest BCUT2D eigenvalue weighted by Crippen LogP contribution is 2.65. The number of rotatable bonds is 9. The molecule has 0 aliphatic heterocycles. The number of allylic oxidation sites excluding steroid dienone is 2. The molecular formula is C38H44O8. The molecule has 46 heavy (non-hydrogen) atoms. The maximum absolute atomic E-state index is 14.3. The number of phenolic OH excluding ortho intramolecular Hbond substituents is 1. The van der Waals surface area contributed by atoms with Crippen LogP contribution in [0.1, 0.15) is 95.1 Å². The molecule has 0 heterocycles. The van der Waals surface area contributed by atoms with E-state index >= 15 is 0 Å². The Hall–Kier alpha value is -4.04. The summed E-state index contributed by atoms with van der Waals surface area (Å²) in [6.45, 7) is 10.2. The van der Waals surface area contributed by atoms with Gasteiger partial charge in [0.2, 0.25) is 5.78 Å². The van der Waals surface area contributed by atoms with Crippen molar-refractivity contribution in [2.24, 2.45) is 22.7 Å². The number of aromatic hydroxyl groups is 1. The lowest BCUT2D eigenvalue weighted by molar-refractivity contribution is -0.171. The molecule has 0 radical (unpaired) electrons. The molecule has 8 nitrogen and oxygen atoms in total. The Bertz CT molecular complexity index is 1710. The second kappa shape index (κ2) is 11.6. The van der Waals surface area contributed by atoms with Gasteiger partial charge in [-0.25, -0.2) is 0 Å². The van der Waals surface area contributed by atoms with Gasteiger partial charge in [0.1, 0.15) is 28.6 Å². The highest BCUT2D eigenvalue weighted by atomic mass is 16.3. The summed E-state index contributed by atoms with van der Waals surface area (Å²) in [7, 11) is 0. The lowest BCUT2D eigenvalue weighted by Crippen LogP contribution is -2.67. The maximum Gasteiger partial charge on any atom is 0.209 e. The zero-order chi connectivity index (χ0) is 33.9. The zero-order valence-electron chi connectivity index (χ0n) is 27.5. The average molecular weight is 629 g/mol. The van der Waals surface area contributed by atoms with E-state index in [1.54, 1.807) is 33.8 Å². The number of benzene rings is 2. The number of hydrogen-bond acceptors (Lipinski definition) is 8. The van der Waals surface area contributed by atoms with Crippen LogP contribution >= 0.6 is 0 Å². The van der Waals surface area contributed by atoms with Crippen LogP contribution in [-0.4, -0.2) is 49.2 Å². The summed E-state index contributed by atoms with van der Waals surface area (Å²) < 4.78 is 0. The fraction of sp³-hybridized carbons (Fsp3) is 0.474. The fourth-order valence-corrected chi connectivity index (χ4v) is 8.69. The van der Waals surface area contributed by atoms with Gasteiger partial charge in [0.15, 0.2) is 17.2 Å². The summed E-state index contributed by atoms with van der Waals surface area (Å²) >= 11 is 0. The van der Waals surface area contributed by atoms with E-state index in [1.807, 2.05) is 24.3 Å². The maximum atomic E-state index is 14.3. The van der Waals surface area contributed by atoms with Gasteiger partial charge in [-0.3, -0.25) is 19.2 Å². The minimum atomic E-state index is -2.64. The molecule has 0 saturated carbocycles. The molecule has 4 atom stereocenters. The number of phenols is 1. The summed E-state index contributed by atoms with van der Waals surface area (Å²) in [6, 6.07) is 10.7. The first-order valence-corrected chi connectivity index (χ1v) is 16.2. The van der Waals surface area contributed by atoms with Crippen LogP contribution in [0.3, 0.4) is 0 Å². The van der Waals surface area contributed by atoms with E-state index in [1.165, 1.54) is 6.07 Å². The van der Waals surface area contributed by atoms with Gasteiger partial charge in [-0.05, 0) is 60.4 Å². The van der Waals surface area contributed by atoms with Gasteiger partial charge < -0.3 is 20.4 Å². The van der Waals surface area contributed by atoms with E-state index in [2.05, 4.69) is 6.92 Å². The van der Waals surface area contributed by atoms with Crippen molar-refractivity contribution in [2.45, 2.75) is 92.1 Å². The van der Waals surface area contributed by atoms with Crippen molar-refractivity contribution in [3.63, 3.8) is 0 Å². The van der Waals surface area contributed by atoms with Crippen LogP contribution in [0.15, 0.2) is 59.1 Å². The van der Waals surface area contributed by atoms with Crippen molar-refractivity contribution in [3.05, 3.63) is 75.8 Å². The third-order valence-electron chi connectivity index (χ3n) is 10.6. The molecule has 0 amide bonds. The number of hydrogen-bond donors (Lipinski definition) is 4. The minimum absolute atomic E-state index is 0.0206. The van der Waals surface area contributed by atoms with Crippen molar-refractivity contribution >= 4 is 23.1 Å². The van der Waals surface area contributed by atoms with Crippen molar-refractivity contribution in [1.29, 1.82) is 0 Å². The lowest BCUT2D eigenvalue weighted by Gasteiger charge is -2.59. The van der Waals surface area contributed by atoms with E-state index in [9.17, 15) is 39.6 Å². The van der Waals surface area contributed by atoms with Crippen molar-refractivity contribution in [3.8, 4) is 16.9 Å². The second-order valence-electron chi connectivity index (χ2n) is 14.3. The first-order chi connectivity index (χ1) is 21.5. The van der Waals surface area contributed by atoms with Gasteiger partial charge in [0.25, 0.3) is 0 Å². The lowest BCUT2D eigenvalue weighted by atomic mass is 9.44.